The number of benzene rings is 1. The van der Waals surface area contributed by atoms with Gasteiger partial charge in [0.15, 0.2) is 11.2 Å². The van der Waals surface area contributed by atoms with Gasteiger partial charge in [0.2, 0.25) is 5.95 Å². The van der Waals surface area contributed by atoms with Gasteiger partial charge in [0.25, 0.3) is 5.56 Å². The molecule has 1 aromatic carbocycles. The largest absolute Gasteiger partial charge is 0.497 e. The molecule has 0 bridgehead atoms. The molecule has 0 unspecified atom stereocenters. The summed E-state index contributed by atoms with van der Waals surface area (Å²) in [6.07, 6.45) is 4.05. The lowest BCUT2D eigenvalue weighted by molar-refractivity contribution is 0.414. The van der Waals surface area contributed by atoms with Gasteiger partial charge in [-0.25, -0.2) is 4.79 Å². The van der Waals surface area contributed by atoms with Gasteiger partial charge in [-0.1, -0.05) is 39.2 Å². The third-order valence-electron chi connectivity index (χ3n) is 6.04. The average molecular weight is 426 g/mol. The summed E-state index contributed by atoms with van der Waals surface area (Å²) in [5.74, 6) is 1.77. The quantitative estimate of drug-likeness (QED) is 0.543. The van der Waals surface area contributed by atoms with Crippen LogP contribution in [-0.4, -0.2) is 32.3 Å². The lowest BCUT2D eigenvalue weighted by Gasteiger charge is -2.33. The Labute approximate surface area is 181 Å². The Balaban J connectivity index is 1.86. The molecule has 0 aliphatic carbocycles. The number of fused-ring (bicyclic) bond motifs is 3. The van der Waals surface area contributed by atoms with Gasteiger partial charge >= 0.3 is 5.69 Å². The van der Waals surface area contributed by atoms with Crippen LogP contribution in [0.2, 0.25) is 0 Å². The van der Waals surface area contributed by atoms with Crippen LogP contribution in [0.25, 0.3) is 11.2 Å². The van der Waals surface area contributed by atoms with E-state index in [1.165, 1.54) is 9.13 Å². The number of aryl methyl sites for hydroxylation is 1. The summed E-state index contributed by atoms with van der Waals surface area (Å²) in [6.45, 7) is 6.21. The smallest absolute Gasteiger partial charge is 0.332 e. The molecule has 1 aliphatic heterocycles. The van der Waals surface area contributed by atoms with Crippen molar-refractivity contribution in [1.29, 1.82) is 0 Å². The number of aromatic nitrogens is 4. The molecule has 1 aliphatic rings. The highest BCUT2D eigenvalue weighted by Gasteiger charge is 2.29. The normalized spacial score (nSPS) is 16.0. The zero-order valence-corrected chi connectivity index (χ0v) is 18.8. The maximum Gasteiger partial charge on any atom is 0.332 e. The molecule has 0 saturated heterocycles. The molecule has 0 N–H and O–H groups in total. The summed E-state index contributed by atoms with van der Waals surface area (Å²) in [4.78, 5) is 33.2. The SMILES string of the molecule is CCCCCCn1c(=O)c2c(nc3n2C[C@H](C)CN3c2cccc(OC)c2)n(C)c1=O. The Morgan fingerprint density at radius 1 is 1.16 bits per heavy atom. The van der Waals surface area contributed by atoms with Crippen molar-refractivity contribution in [3.8, 4) is 5.75 Å². The van der Waals surface area contributed by atoms with Gasteiger partial charge in [0.05, 0.1) is 7.11 Å². The molecule has 2 aromatic heterocycles. The zero-order chi connectivity index (χ0) is 22.1. The van der Waals surface area contributed by atoms with Crippen LogP contribution in [0.1, 0.15) is 39.5 Å². The molecule has 3 heterocycles. The van der Waals surface area contributed by atoms with Crippen LogP contribution in [0.3, 0.4) is 0 Å². The number of ether oxygens (including phenoxy) is 1. The van der Waals surface area contributed by atoms with Crippen molar-refractivity contribution >= 4 is 22.8 Å². The highest BCUT2D eigenvalue weighted by atomic mass is 16.5. The molecule has 166 valence electrons. The number of nitrogens with zero attached hydrogens (tertiary/aromatic N) is 5. The van der Waals surface area contributed by atoms with Crippen molar-refractivity contribution in [2.45, 2.75) is 52.6 Å². The summed E-state index contributed by atoms with van der Waals surface area (Å²) < 4.78 is 10.3. The molecule has 8 heteroatoms. The van der Waals surface area contributed by atoms with Crippen LogP contribution in [0.5, 0.6) is 5.75 Å². The summed E-state index contributed by atoms with van der Waals surface area (Å²) in [6, 6.07) is 7.82. The molecule has 8 nitrogen and oxygen atoms in total. The molecule has 0 fully saturated rings. The minimum Gasteiger partial charge on any atom is -0.497 e. The standard InChI is InChI=1S/C23H31N5O3/c1-5-6-7-8-12-26-21(29)19-20(25(3)23(26)30)24-22-27(14-16(2)15-28(19)22)17-10-9-11-18(13-17)31-4/h9-11,13,16H,5-8,12,14-15H2,1-4H3/t16-/m1/s1. The molecule has 0 spiro atoms. The first-order valence-corrected chi connectivity index (χ1v) is 11.1. The predicted molar refractivity (Wildman–Crippen MR) is 123 cm³/mol. The van der Waals surface area contributed by atoms with Crippen LogP contribution in [-0.2, 0) is 20.1 Å². The van der Waals surface area contributed by atoms with E-state index in [-0.39, 0.29) is 11.2 Å². The lowest BCUT2D eigenvalue weighted by atomic mass is 10.1. The van der Waals surface area contributed by atoms with Gasteiger partial charge in [-0.15, -0.1) is 0 Å². The van der Waals surface area contributed by atoms with Gasteiger partial charge in [-0.05, 0) is 24.5 Å². The monoisotopic (exact) mass is 425 g/mol. The van der Waals surface area contributed by atoms with Gasteiger partial charge in [0, 0.05) is 38.4 Å². The average Bonchev–Trinajstić information content (AvgIpc) is 3.16. The van der Waals surface area contributed by atoms with Crippen molar-refractivity contribution in [3.63, 3.8) is 0 Å². The molecular weight excluding hydrogens is 394 g/mol. The minimum absolute atomic E-state index is 0.243. The Bertz CT molecular complexity index is 1210. The molecule has 3 aromatic rings. The highest BCUT2D eigenvalue weighted by Crippen LogP contribution is 2.34. The first-order chi connectivity index (χ1) is 15.0. The van der Waals surface area contributed by atoms with Crippen LogP contribution < -0.4 is 20.9 Å². The Hall–Kier alpha value is -3.03. The van der Waals surface area contributed by atoms with Crippen molar-refractivity contribution < 1.29 is 4.74 Å². The number of methoxy groups -OCH3 is 1. The highest BCUT2D eigenvalue weighted by molar-refractivity contribution is 5.77. The number of hydrogen-bond donors (Lipinski definition) is 0. The molecule has 1 atom stereocenters. The van der Waals surface area contributed by atoms with Crippen LogP contribution in [0, 0.1) is 5.92 Å². The first-order valence-electron chi connectivity index (χ1n) is 11.1. The molecule has 0 radical (unpaired) electrons. The van der Waals surface area contributed by atoms with Crippen LogP contribution in [0.15, 0.2) is 33.9 Å². The maximum atomic E-state index is 13.4. The van der Waals surface area contributed by atoms with E-state index in [0.717, 1.165) is 43.7 Å². The number of imidazole rings is 1. The molecule has 0 saturated carbocycles. The second-order valence-electron chi connectivity index (χ2n) is 8.47. The van der Waals surface area contributed by atoms with E-state index in [2.05, 4.69) is 18.7 Å². The van der Waals surface area contributed by atoms with Crippen molar-refractivity contribution in [3.05, 3.63) is 45.1 Å². The second kappa shape index (κ2) is 8.61. The summed E-state index contributed by atoms with van der Waals surface area (Å²) in [7, 11) is 3.34. The number of rotatable bonds is 7. The van der Waals surface area contributed by atoms with Gasteiger partial charge in [-0.3, -0.25) is 13.9 Å². The minimum atomic E-state index is -0.301. The molecule has 4 rings (SSSR count). The molecule has 0 amide bonds. The van der Waals surface area contributed by atoms with Gasteiger partial charge in [0.1, 0.15) is 5.75 Å². The topological polar surface area (TPSA) is 74.3 Å². The number of unbranched alkanes of at least 4 members (excludes halogenated alkanes) is 3. The summed E-state index contributed by atoms with van der Waals surface area (Å²) >= 11 is 0. The fraction of sp³-hybridized carbons (Fsp3) is 0.522. The van der Waals surface area contributed by atoms with Crippen molar-refractivity contribution in [1.82, 2.24) is 18.7 Å². The van der Waals surface area contributed by atoms with E-state index in [0.29, 0.717) is 36.1 Å². The van der Waals surface area contributed by atoms with E-state index < -0.39 is 0 Å². The molecule has 31 heavy (non-hydrogen) atoms. The van der Waals surface area contributed by atoms with Crippen molar-refractivity contribution in [2.75, 3.05) is 18.6 Å². The summed E-state index contributed by atoms with van der Waals surface area (Å²) in [5, 5.41) is 0. The van der Waals surface area contributed by atoms with Crippen LogP contribution >= 0.6 is 0 Å². The summed E-state index contributed by atoms with van der Waals surface area (Å²) in [5.41, 5.74) is 1.36. The maximum absolute atomic E-state index is 13.4. The van der Waals surface area contributed by atoms with E-state index in [9.17, 15) is 9.59 Å². The molecular formula is C23H31N5O3. The third kappa shape index (κ3) is 3.75. The van der Waals surface area contributed by atoms with Gasteiger partial charge in [-0.2, -0.15) is 4.98 Å². The third-order valence-corrected chi connectivity index (χ3v) is 6.04. The van der Waals surface area contributed by atoms with E-state index in [1.807, 2.05) is 28.8 Å². The Kier molecular flexibility index (Phi) is 5.89. The van der Waals surface area contributed by atoms with E-state index in [4.69, 9.17) is 9.72 Å². The predicted octanol–water partition coefficient (Wildman–Crippen LogP) is 3.27. The Morgan fingerprint density at radius 3 is 2.71 bits per heavy atom. The van der Waals surface area contributed by atoms with Crippen molar-refractivity contribution in [2.24, 2.45) is 13.0 Å². The van der Waals surface area contributed by atoms with Crippen LogP contribution in [0.4, 0.5) is 11.6 Å². The van der Waals surface area contributed by atoms with E-state index >= 15 is 0 Å². The van der Waals surface area contributed by atoms with E-state index in [1.54, 1.807) is 14.2 Å². The number of hydrogen-bond acceptors (Lipinski definition) is 5. The van der Waals surface area contributed by atoms with Gasteiger partial charge < -0.3 is 14.2 Å². The zero-order valence-electron chi connectivity index (χ0n) is 18.8. The first kappa shape index (κ1) is 21.2. The fourth-order valence-electron chi connectivity index (χ4n) is 4.39. The number of anilines is 2. The lowest BCUT2D eigenvalue weighted by Crippen LogP contribution is -2.40. The fourth-order valence-corrected chi connectivity index (χ4v) is 4.39. The second-order valence-corrected chi connectivity index (χ2v) is 8.47. The Morgan fingerprint density at radius 2 is 1.97 bits per heavy atom.